The van der Waals surface area contributed by atoms with Gasteiger partial charge in [0.25, 0.3) is 0 Å². The van der Waals surface area contributed by atoms with Crippen LogP contribution in [0.4, 0.5) is 0 Å². The molecule has 8 heteroatoms. The summed E-state index contributed by atoms with van der Waals surface area (Å²) in [4.78, 5) is 16.9. The topological polar surface area (TPSA) is 66.9 Å². The number of carbonyl (C=O) groups excluding carboxylic acids is 1. The minimum Gasteiger partial charge on any atom is -0.377 e. The highest BCUT2D eigenvalue weighted by molar-refractivity contribution is 7.89. The molecule has 1 aliphatic heterocycles. The number of rotatable bonds is 10. The van der Waals surface area contributed by atoms with E-state index in [1.807, 2.05) is 79.0 Å². The molecule has 198 valence electrons. The fourth-order valence-corrected chi connectivity index (χ4v) is 7.14. The highest BCUT2D eigenvalue weighted by Crippen LogP contribution is 2.25. The molecule has 1 aromatic heterocycles. The van der Waals surface area contributed by atoms with Crippen LogP contribution in [0, 0.1) is 6.92 Å². The molecule has 1 amide bonds. The van der Waals surface area contributed by atoms with E-state index in [0.29, 0.717) is 19.7 Å². The van der Waals surface area contributed by atoms with Crippen molar-refractivity contribution in [2.75, 3.05) is 19.7 Å². The van der Waals surface area contributed by atoms with E-state index >= 15 is 0 Å². The van der Waals surface area contributed by atoms with E-state index in [0.717, 1.165) is 39.6 Å². The molecule has 0 saturated carbocycles. The van der Waals surface area contributed by atoms with E-state index in [1.54, 1.807) is 28.4 Å². The number of benzene rings is 3. The number of carbonyl (C=O) groups is 1. The largest absolute Gasteiger partial charge is 0.377 e. The summed E-state index contributed by atoms with van der Waals surface area (Å²) in [5, 5.41) is 3.83. The summed E-state index contributed by atoms with van der Waals surface area (Å²) in [7, 11) is -3.94. The van der Waals surface area contributed by atoms with Crippen LogP contribution in [0.2, 0.25) is 0 Å². The smallest absolute Gasteiger partial charge is 0.243 e. The van der Waals surface area contributed by atoms with Gasteiger partial charge in [-0.2, -0.15) is 4.31 Å². The standard InChI is InChI=1S/C30H32N2O4S2/c1-23-15-17-37-29(23)21-31(19-24-8-3-2-4-9-24)30(33)22-32(20-27-12-7-16-36-27)38(34,35)28-14-13-25-10-5-6-11-26(25)18-28/h2-6,8-11,13-15,17-18,27H,7,12,16,19-22H2,1H3/t27-/m0/s1. The van der Waals surface area contributed by atoms with Crippen LogP contribution in [-0.4, -0.2) is 49.3 Å². The second-order valence-electron chi connectivity index (χ2n) is 9.70. The molecule has 2 heterocycles. The number of sulfonamides is 1. The lowest BCUT2D eigenvalue weighted by molar-refractivity contribution is -0.132. The zero-order valence-corrected chi connectivity index (χ0v) is 23.1. The first-order valence-corrected chi connectivity index (χ1v) is 15.2. The van der Waals surface area contributed by atoms with Gasteiger partial charge in [0.05, 0.1) is 24.1 Å². The quantitative estimate of drug-likeness (QED) is 0.258. The summed E-state index contributed by atoms with van der Waals surface area (Å²) in [5.74, 6) is -0.232. The molecule has 1 fully saturated rings. The van der Waals surface area contributed by atoms with Gasteiger partial charge in [-0.05, 0) is 65.2 Å². The molecule has 0 radical (unpaired) electrons. The average molecular weight is 549 g/mol. The number of amides is 1. The molecule has 0 unspecified atom stereocenters. The maximum atomic E-state index is 14.0. The van der Waals surface area contributed by atoms with Crippen molar-refractivity contribution in [1.29, 1.82) is 0 Å². The minimum absolute atomic E-state index is 0.151. The fourth-order valence-electron chi connectivity index (χ4n) is 4.77. The van der Waals surface area contributed by atoms with Gasteiger partial charge in [0, 0.05) is 24.6 Å². The molecule has 0 spiro atoms. The molecule has 0 bridgehead atoms. The average Bonchev–Trinajstić information content (AvgIpc) is 3.59. The van der Waals surface area contributed by atoms with Crippen molar-refractivity contribution in [2.24, 2.45) is 0 Å². The number of thiophene rings is 1. The van der Waals surface area contributed by atoms with Crippen molar-refractivity contribution < 1.29 is 17.9 Å². The molecule has 6 nitrogen and oxygen atoms in total. The molecule has 3 aromatic carbocycles. The van der Waals surface area contributed by atoms with Crippen LogP contribution in [0.3, 0.4) is 0 Å². The molecule has 1 atom stereocenters. The SMILES string of the molecule is Cc1ccsc1CN(Cc1ccccc1)C(=O)CN(C[C@@H]1CCCO1)S(=O)(=O)c1ccc2ccccc2c1. The van der Waals surface area contributed by atoms with Crippen molar-refractivity contribution in [3.8, 4) is 0 Å². The molecule has 38 heavy (non-hydrogen) atoms. The minimum atomic E-state index is -3.94. The van der Waals surface area contributed by atoms with E-state index in [-0.39, 0.29) is 30.0 Å². The summed E-state index contributed by atoms with van der Waals surface area (Å²) in [5.41, 5.74) is 2.12. The van der Waals surface area contributed by atoms with Crippen LogP contribution < -0.4 is 0 Å². The first-order chi connectivity index (χ1) is 18.4. The number of ether oxygens (including phenoxy) is 1. The van der Waals surface area contributed by atoms with Crippen molar-refractivity contribution in [1.82, 2.24) is 9.21 Å². The van der Waals surface area contributed by atoms with Crippen LogP contribution in [0.15, 0.2) is 89.1 Å². The second-order valence-corrected chi connectivity index (χ2v) is 12.6. The predicted octanol–water partition coefficient (Wildman–Crippen LogP) is 5.61. The van der Waals surface area contributed by atoms with Crippen LogP contribution in [0.1, 0.15) is 28.8 Å². The Hall–Kier alpha value is -3.04. The Balaban J connectivity index is 1.44. The summed E-state index contributed by atoms with van der Waals surface area (Å²) < 4.78 is 35.0. The van der Waals surface area contributed by atoms with E-state index in [9.17, 15) is 13.2 Å². The lowest BCUT2D eigenvalue weighted by Crippen LogP contribution is -2.45. The number of fused-ring (bicyclic) bond motifs is 1. The molecule has 4 aromatic rings. The molecule has 1 aliphatic rings. The highest BCUT2D eigenvalue weighted by atomic mass is 32.2. The summed E-state index contributed by atoms with van der Waals surface area (Å²) >= 11 is 1.61. The van der Waals surface area contributed by atoms with Gasteiger partial charge in [-0.3, -0.25) is 4.79 Å². The van der Waals surface area contributed by atoms with Crippen LogP contribution in [0.25, 0.3) is 10.8 Å². The van der Waals surface area contributed by atoms with Crippen LogP contribution >= 0.6 is 11.3 Å². The van der Waals surface area contributed by atoms with Crippen molar-refractivity contribution in [3.63, 3.8) is 0 Å². The zero-order valence-electron chi connectivity index (χ0n) is 21.5. The predicted molar refractivity (Wildman–Crippen MR) is 151 cm³/mol. The van der Waals surface area contributed by atoms with Crippen LogP contribution in [0.5, 0.6) is 0 Å². The lowest BCUT2D eigenvalue weighted by Gasteiger charge is -2.29. The number of aryl methyl sites for hydroxylation is 1. The van der Waals surface area contributed by atoms with Gasteiger partial charge >= 0.3 is 0 Å². The molecule has 0 N–H and O–H groups in total. The number of nitrogens with zero attached hydrogens (tertiary/aromatic N) is 2. The van der Waals surface area contributed by atoms with Gasteiger partial charge in [0.2, 0.25) is 15.9 Å². The Morgan fingerprint density at radius 2 is 1.74 bits per heavy atom. The third kappa shape index (κ3) is 6.15. The van der Waals surface area contributed by atoms with E-state index in [2.05, 4.69) is 0 Å². The van der Waals surface area contributed by atoms with Crippen molar-refractivity contribution in [2.45, 2.75) is 43.9 Å². The summed E-state index contributed by atoms with van der Waals surface area (Å²) in [6.07, 6.45) is 1.44. The molecule has 1 saturated heterocycles. The van der Waals surface area contributed by atoms with E-state index < -0.39 is 10.0 Å². The van der Waals surface area contributed by atoms with Gasteiger partial charge in [0.15, 0.2) is 0 Å². The van der Waals surface area contributed by atoms with Crippen LogP contribution in [-0.2, 0) is 32.6 Å². The number of hydrogen-bond acceptors (Lipinski definition) is 5. The maximum absolute atomic E-state index is 14.0. The van der Waals surface area contributed by atoms with Crippen molar-refractivity contribution in [3.05, 3.63) is 100 Å². The summed E-state index contributed by atoms with van der Waals surface area (Å²) in [6, 6.07) is 24.6. The van der Waals surface area contributed by atoms with Gasteiger partial charge in [-0.15, -0.1) is 11.3 Å². The molecule has 5 rings (SSSR count). The van der Waals surface area contributed by atoms with Gasteiger partial charge < -0.3 is 9.64 Å². The normalized spacial score (nSPS) is 15.8. The van der Waals surface area contributed by atoms with E-state index in [1.165, 1.54) is 4.31 Å². The van der Waals surface area contributed by atoms with Crippen molar-refractivity contribution >= 4 is 38.0 Å². The number of hydrogen-bond donors (Lipinski definition) is 0. The first-order valence-electron chi connectivity index (χ1n) is 12.9. The zero-order chi connectivity index (χ0) is 26.5. The third-order valence-electron chi connectivity index (χ3n) is 6.97. The Morgan fingerprint density at radius 3 is 2.45 bits per heavy atom. The molecular formula is C30H32N2O4S2. The Bertz CT molecular complexity index is 1490. The van der Waals surface area contributed by atoms with Gasteiger partial charge in [-0.25, -0.2) is 8.42 Å². The van der Waals surface area contributed by atoms with Gasteiger partial charge in [0.1, 0.15) is 0 Å². The third-order valence-corrected chi connectivity index (χ3v) is 9.79. The Kier molecular flexibility index (Phi) is 8.24. The van der Waals surface area contributed by atoms with E-state index in [4.69, 9.17) is 4.74 Å². The maximum Gasteiger partial charge on any atom is 0.243 e. The first kappa shape index (κ1) is 26.6. The van der Waals surface area contributed by atoms with Gasteiger partial charge in [-0.1, -0.05) is 60.7 Å². The Labute approximate surface area is 228 Å². The fraction of sp³-hybridized carbons (Fsp3) is 0.300. The monoisotopic (exact) mass is 548 g/mol. The summed E-state index contributed by atoms with van der Waals surface area (Å²) in [6.45, 7) is 3.39. The molecule has 0 aliphatic carbocycles. The molecular weight excluding hydrogens is 516 g/mol. The second kappa shape index (κ2) is 11.8. The highest BCUT2D eigenvalue weighted by Gasteiger charge is 2.32. The lowest BCUT2D eigenvalue weighted by atomic mass is 10.1. The Morgan fingerprint density at radius 1 is 0.974 bits per heavy atom.